The van der Waals surface area contributed by atoms with Gasteiger partial charge < -0.3 is 4.90 Å². The van der Waals surface area contributed by atoms with Gasteiger partial charge in [0.1, 0.15) is 0 Å². The van der Waals surface area contributed by atoms with Gasteiger partial charge >= 0.3 is 0 Å². The van der Waals surface area contributed by atoms with E-state index in [-0.39, 0.29) is 23.9 Å². The number of piperazine rings is 1. The summed E-state index contributed by atoms with van der Waals surface area (Å²) in [7, 11) is -3.89. The largest absolute Gasteiger partial charge is 0.340 e. The Morgan fingerprint density at radius 2 is 1.75 bits per heavy atom. The predicted molar refractivity (Wildman–Crippen MR) is 85.8 cm³/mol. The van der Waals surface area contributed by atoms with Gasteiger partial charge in [-0.1, -0.05) is 13.8 Å². The number of carbonyl (C=O) groups is 1. The first-order valence-electron chi connectivity index (χ1n) is 7.95. The maximum atomic E-state index is 13.3. The van der Waals surface area contributed by atoms with E-state index in [4.69, 9.17) is 0 Å². The Hall–Kier alpha value is -1.54. The number of nitrogens with zero attached hydrogens (tertiary/aromatic N) is 2. The number of hydrogen-bond donors (Lipinski definition) is 0. The first-order chi connectivity index (χ1) is 11.2. The molecule has 0 spiro atoms. The molecule has 1 fully saturated rings. The summed E-state index contributed by atoms with van der Waals surface area (Å²) in [6.45, 7) is 4.99. The first-order valence-corrected chi connectivity index (χ1v) is 9.39. The third kappa shape index (κ3) is 4.30. The number of sulfonamides is 1. The van der Waals surface area contributed by atoms with Gasteiger partial charge in [-0.3, -0.25) is 4.79 Å². The standard InChI is InChI=1S/C16H22F2N2O3S/c1-12(2)3-6-16(21)19-7-9-20(10-8-19)24(22,23)13-4-5-14(17)15(18)11-13/h4-5,11-12H,3,6-10H2,1-2H3. The second-order valence-electron chi connectivity index (χ2n) is 6.29. The fourth-order valence-corrected chi connectivity index (χ4v) is 3.97. The summed E-state index contributed by atoms with van der Waals surface area (Å²) in [5.41, 5.74) is 0. The second kappa shape index (κ2) is 7.57. The molecule has 24 heavy (non-hydrogen) atoms. The van der Waals surface area contributed by atoms with Crippen LogP contribution in [0.1, 0.15) is 26.7 Å². The number of rotatable bonds is 5. The molecule has 1 aliphatic heterocycles. The van der Waals surface area contributed by atoms with Gasteiger partial charge in [0, 0.05) is 32.6 Å². The highest BCUT2D eigenvalue weighted by atomic mass is 32.2. The molecular formula is C16H22F2N2O3S. The molecule has 0 aliphatic carbocycles. The maximum Gasteiger partial charge on any atom is 0.243 e. The van der Waals surface area contributed by atoms with Crippen LogP contribution in [0.2, 0.25) is 0 Å². The van der Waals surface area contributed by atoms with Gasteiger partial charge in [0.15, 0.2) is 11.6 Å². The van der Waals surface area contributed by atoms with Crippen molar-refractivity contribution >= 4 is 15.9 Å². The van der Waals surface area contributed by atoms with Crippen molar-refractivity contribution in [3.05, 3.63) is 29.8 Å². The SMILES string of the molecule is CC(C)CCC(=O)N1CCN(S(=O)(=O)c2ccc(F)c(F)c2)CC1. The Bertz CT molecular complexity index is 699. The number of benzene rings is 1. The maximum absolute atomic E-state index is 13.3. The summed E-state index contributed by atoms with van der Waals surface area (Å²) in [5.74, 6) is -1.83. The van der Waals surface area contributed by atoms with Crippen LogP contribution in [0, 0.1) is 17.6 Å². The molecule has 2 rings (SSSR count). The molecule has 1 heterocycles. The molecule has 1 saturated heterocycles. The van der Waals surface area contributed by atoms with Crippen molar-refractivity contribution in [2.75, 3.05) is 26.2 Å². The van der Waals surface area contributed by atoms with E-state index in [2.05, 4.69) is 0 Å². The van der Waals surface area contributed by atoms with Crippen LogP contribution < -0.4 is 0 Å². The van der Waals surface area contributed by atoms with Crippen LogP contribution in [0.3, 0.4) is 0 Å². The molecular weight excluding hydrogens is 338 g/mol. The molecule has 1 aromatic carbocycles. The number of halogens is 2. The van der Waals surface area contributed by atoms with E-state index < -0.39 is 21.7 Å². The van der Waals surface area contributed by atoms with Gasteiger partial charge in [-0.05, 0) is 30.5 Å². The van der Waals surface area contributed by atoms with E-state index in [1.54, 1.807) is 4.90 Å². The van der Waals surface area contributed by atoms with Crippen LogP contribution in [-0.4, -0.2) is 49.7 Å². The summed E-state index contributed by atoms with van der Waals surface area (Å²) in [4.78, 5) is 13.5. The first kappa shape index (κ1) is 18.8. The van der Waals surface area contributed by atoms with Crippen LogP contribution in [-0.2, 0) is 14.8 Å². The number of hydrogen-bond acceptors (Lipinski definition) is 3. The minimum absolute atomic E-state index is 0.0218. The van der Waals surface area contributed by atoms with Gasteiger partial charge in [0.05, 0.1) is 4.90 Å². The highest BCUT2D eigenvalue weighted by Gasteiger charge is 2.30. The highest BCUT2D eigenvalue weighted by molar-refractivity contribution is 7.89. The quantitative estimate of drug-likeness (QED) is 0.809. The third-order valence-electron chi connectivity index (χ3n) is 4.06. The van der Waals surface area contributed by atoms with Crippen molar-refractivity contribution in [3.63, 3.8) is 0 Å². The molecule has 0 N–H and O–H groups in total. The molecule has 0 atom stereocenters. The summed E-state index contributed by atoms with van der Waals surface area (Å²) < 4.78 is 52.4. The topological polar surface area (TPSA) is 57.7 Å². The zero-order valence-corrected chi connectivity index (χ0v) is 14.7. The lowest BCUT2D eigenvalue weighted by molar-refractivity contribution is -0.132. The molecule has 0 aromatic heterocycles. The predicted octanol–water partition coefficient (Wildman–Crippen LogP) is 2.23. The van der Waals surface area contributed by atoms with Crippen molar-refractivity contribution in [1.29, 1.82) is 0 Å². The Labute approximate surface area is 141 Å². The Balaban J connectivity index is 2.00. The van der Waals surface area contributed by atoms with Crippen molar-refractivity contribution in [2.24, 2.45) is 5.92 Å². The van der Waals surface area contributed by atoms with E-state index in [0.717, 1.165) is 18.6 Å². The molecule has 8 heteroatoms. The molecule has 1 aliphatic rings. The smallest absolute Gasteiger partial charge is 0.243 e. The van der Waals surface area contributed by atoms with E-state index in [1.807, 2.05) is 13.8 Å². The Morgan fingerprint density at radius 3 is 2.29 bits per heavy atom. The van der Waals surface area contributed by atoms with E-state index >= 15 is 0 Å². The summed E-state index contributed by atoms with van der Waals surface area (Å²) in [6.07, 6.45) is 1.25. The van der Waals surface area contributed by atoms with Crippen molar-refractivity contribution in [1.82, 2.24) is 9.21 Å². The Morgan fingerprint density at radius 1 is 1.12 bits per heavy atom. The van der Waals surface area contributed by atoms with Gasteiger partial charge in [-0.2, -0.15) is 4.31 Å². The van der Waals surface area contributed by atoms with Gasteiger partial charge in [0.2, 0.25) is 15.9 Å². The monoisotopic (exact) mass is 360 g/mol. The van der Waals surface area contributed by atoms with Crippen LogP contribution in [0.4, 0.5) is 8.78 Å². The molecule has 1 amide bonds. The van der Waals surface area contributed by atoms with Crippen molar-refractivity contribution in [3.8, 4) is 0 Å². The fraction of sp³-hybridized carbons (Fsp3) is 0.562. The van der Waals surface area contributed by atoms with Crippen LogP contribution in [0.15, 0.2) is 23.1 Å². The van der Waals surface area contributed by atoms with Crippen molar-refractivity contribution in [2.45, 2.75) is 31.6 Å². The molecule has 5 nitrogen and oxygen atoms in total. The lowest BCUT2D eigenvalue weighted by Crippen LogP contribution is -2.50. The highest BCUT2D eigenvalue weighted by Crippen LogP contribution is 2.20. The van der Waals surface area contributed by atoms with Gasteiger partial charge in [-0.15, -0.1) is 0 Å². The summed E-state index contributed by atoms with van der Waals surface area (Å²) in [6, 6.07) is 2.53. The lowest BCUT2D eigenvalue weighted by Gasteiger charge is -2.34. The van der Waals surface area contributed by atoms with Gasteiger partial charge in [0.25, 0.3) is 0 Å². The minimum atomic E-state index is -3.89. The Kier molecular flexibility index (Phi) is 5.92. The van der Waals surface area contributed by atoms with Crippen molar-refractivity contribution < 1.29 is 22.0 Å². The summed E-state index contributed by atoms with van der Waals surface area (Å²) >= 11 is 0. The third-order valence-corrected chi connectivity index (χ3v) is 5.95. The zero-order valence-electron chi connectivity index (χ0n) is 13.8. The average Bonchev–Trinajstić information content (AvgIpc) is 2.55. The van der Waals surface area contributed by atoms with Crippen LogP contribution >= 0.6 is 0 Å². The summed E-state index contributed by atoms with van der Waals surface area (Å²) in [5, 5.41) is 0. The number of amides is 1. The molecule has 134 valence electrons. The van der Waals surface area contributed by atoms with Crippen LogP contribution in [0.5, 0.6) is 0 Å². The van der Waals surface area contributed by atoms with E-state index in [0.29, 0.717) is 31.5 Å². The lowest BCUT2D eigenvalue weighted by atomic mass is 10.1. The molecule has 1 aromatic rings. The molecule has 0 radical (unpaired) electrons. The van der Waals surface area contributed by atoms with E-state index in [9.17, 15) is 22.0 Å². The average molecular weight is 360 g/mol. The zero-order chi connectivity index (χ0) is 17.9. The van der Waals surface area contributed by atoms with E-state index in [1.165, 1.54) is 4.31 Å². The normalized spacial score (nSPS) is 16.6. The number of carbonyl (C=O) groups excluding carboxylic acids is 1. The van der Waals surface area contributed by atoms with Crippen LogP contribution in [0.25, 0.3) is 0 Å². The van der Waals surface area contributed by atoms with Gasteiger partial charge in [-0.25, -0.2) is 17.2 Å². The molecule has 0 saturated carbocycles. The second-order valence-corrected chi connectivity index (χ2v) is 8.23. The molecule has 0 unspecified atom stereocenters. The fourth-order valence-electron chi connectivity index (χ4n) is 2.53. The minimum Gasteiger partial charge on any atom is -0.340 e. The molecule has 0 bridgehead atoms.